The molecule has 0 aromatic heterocycles. The van der Waals surface area contributed by atoms with Crippen LogP contribution in [0.15, 0.2) is 18.2 Å². The van der Waals surface area contributed by atoms with E-state index in [1.165, 1.54) is 0 Å². The molecule has 0 heterocycles. The number of nitrogens with zero attached hydrogens (tertiary/aromatic N) is 1. The van der Waals surface area contributed by atoms with E-state index in [-0.39, 0.29) is 18.6 Å². The van der Waals surface area contributed by atoms with Gasteiger partial charge >= 0.3 is 0 Å². The zero-order chi connectivity index (χ0) is 13.7. The van der Waals surface area contributed by atoms with Crippen molar-refractivity contribution in [1.29, 1.82) is 0 Å². The number of likely N-dealkylation sites (N-methyl/N-ethyl adjacent to an activating group) is 1. The van der Waals surface area contributed by atoms with E-state index < -0.39 is 0 Å². The van der Waals surface area contributed by atoms with Gasteiger partial charge in [-0.1, -0.05) is 0 Å². The van der Waals surface area contributed by atoms with Crippen LogP contribution in [0.5, 0.6) is 0 Å². The Morgan fingerprint density at radius 1 is 1.56 bits per heavy atom. The second kappa shape index (κ2) is 6.26. The number of hydrogen-bond acceptors (Lipinski definition) is 4. The molecule has 1 atom stereocenters. The summed E-state index contributed by atoms with van der Waals surface area (Å²) in [4.78, 5) is 13.8. The standard InChI is InChI=1S/C13H21N3O2/c1-4-15-13(18)11-6-5-10(14)7-12(11)16(3)9(2)8-17/h5-7,9,17H,4,8,14H2,1-3H3,(H,15,18). The van der Waals surface area contributed by atoms with Gasteiger partial charge in [0.05, 0.1) is 17.9 Å². The Hall–Kier alpha value is -1.75. The van der Waals surface area contributed by atoms with Crippen LogP contribution in [0.3, 0.4) is 0 Å². The molecule has 0 aliphatic carbocycles. The second-order valence-corrected chi connectivity index (χ2v) is 4.28. The van der Waals surface area contributed by atoms with E-state index in [2.05, 4.69) is 5.32 Å². The Kier molecular flexibility index (Phi) is 4.97. The predicted molar refractivity (Wildman–Crippen MR) is 73.8 cm³/mol. The number of aliphatic hydroxyl groups is 1. The lowest BCUT2D eigenvalue weighted by Crippen LogP contribution is -2.34. The van der Waals surface area contributed by atoms with Crippen LogP contribution in [-0.4, -0.2) is 37.3 Å². The van der Waals surface area contributed by atoms with Gasteiger partial charge in [-0.3, -0.25) is 4.79 Å². The average molecular weight is 251 g/mol. The van der Waals surface area contributed by atoms with E-state index in [4.69, 9.17) is 5.73 Å². The van der Waals surface area contributed by atoms with Crippen LogP contribution >= 0.6 is 0 Å². The largest absolute Gasteiger partial charge is 0.399 e. The second-order valence-electron chi connectivity index (χ2n) is 4.28. The fourth-order valence-corrected chi connectivity index (χ4v) is 1.65. The highest BCUT2D eigenvalue weighted by molar-refractivity contribution is 6.00. The van der Waals surface area contributed by atoms with Crippen molar-refractivity contribution in [1.82, 2.24) is 5.32 Å². The zero-order valence-electron chi connectivity index (χ0n) is 11.1. The van der Waals surface area contributed by atoms with E-state index >= 15 is 0 Å². The highest BCUT2D eigenvalue weighted by Gasteiger charge is 2.17. The smallest absolute Gasteiger partial charge is 0.253 e. The van der Waals surface area contributed by atoms with Gasteiger partial charge in [-0.25, -0.2) is 0 Å². The highest BCUT2D eigenvalue weighted by atomic mass is 16.3. The average Bonchev–Trinajstić information content (AvgIpc) is 2.37. The Labute approximate surface area is 108 Å². The predicted octanol–water partition coefficient (Wildman–Crippen LogP) is 0.836. The van der Waals surface area contributed by atoms with Crippen molar-refractivity contribution in [3.05, 3.63) is 23.8 Å². The molecule has 1 rings (SSSR count). The van der Waals surface area contributed by atoms with Crippen LogP contribution in [0, 0.1) is 0 Å². The van der Waals surface area contributed by atoms with Crippen LogP contribution in [0.2, 0.25) is 0 Å². The summed E-state index contributed by atoms with van der Waals surface area (Å²) in [6.45, 7) is 4.34. The SMILES string of the molecule is CCNC(=O)c1ccc(N)cc1N(C)C(C)CO. The molecule has 4 N–H and O–H groups in total. The maximum absolute atomic E-state index is 12.0. The number of anilines is 2. The van der Waals surface area contributed by atoms with Crippen LogP contribution in [0.4, 0.5) is 11.4 Å². The molecule has 0 aliphatic heterocycles. The topological polar surface area (TPSA) is 78.6 Å². The molecule has 0 aliphatic rings. The van der Waals surface area contributed by atoms with Crippen LogP contribution in [0.1, 0.15) is 24.2 Å². The van der Waals surface area contributed by atoms with Crippen molar-refractivity contribution in [3.63, 3.8) is 0 Å². The maximum Gasteiger partial charge on any atom is 0.253 e. The van der Waals surface area contributed by atoms with Gasteiger partial charge in [0.15, 0.2) is 0 Å². The van der Waals surface area contributed by atoms with E-state index in [9.17, 15) is 9.90 Å². The molecule has 1 unspecified atom stereocenters. The molecule has 0 saturated heterocycles. The summed E-state index contributed by atoms with van der Waals surface area (Å²) in [7, 11) is 1.83. The molecule has 0 spiro atoms. The van der Waals surface area contributed by atoms with E-state index in [1.807, 2.05) is 25.8 Å². The lowest BCUT2D eigenvalue weighted by atomic mass is 10.1. The van der Waals surface area contributed by atoms with Crippen LogP contribution in [0.25, 0.3) is 0 Å². The van der Waals surface area contributed by atoms with Crippen molar-refractivity contribution in [2.45, 2.75) is 19.9 Å². The third kappa shape index (κ3) is 3.13. The molecule has 0 radical (unpaired) electrons. The number of benzene rings is 1. The summed E-state index contributed by atoms with van der Waals surface area (Å²) in [5, 5.41) is 12.0. The molecule has 1 aromatic carbocycles. The fraction of sp³-hybridized carbons (Fsp3) is 0.462. The van der Waals surface area contributed by atoms with Gasteiger partial charge < -0.3 is 21.1 Å². The molecule has 1 aromatic rings. The minimum absolute atomic E-state index is 0.0140. The molecule has 5 heteroatoms. The monoisotopic (exact) mass is 251 g/mol. The minimum Gasteiger partial charge on any atom is -0.399 e. The molecular weight excluding hydrogens is 230 g/mol. The Morgan fingerprint density at radius 2 is 2.22 bits per heavy atom. The van der Waals surface area contributed by atoms with Gasteiger partial charge in [-0.05, 0) is 32.0 Å². The van der Waals surface area contributed by atoms with Gasteiger partial charge in [0.2, 0.25) is 0 Å². The van der Waals surface area contributed by atoms with Crippen molar-refractivity contribution < 1.29 is 9.90 Å². The van der Waals surface area contributed by atoms with Gasteiger partial charge in [-0.2, -0.15) is 0 Å². The number of carbonyl (C=O) groups excluding carboxylic acids is 1. The van der Waals surface area contributed by atoms with Gasteiger partial charge in [-0.15, -0.1) is 0 Å². The number of carbonyl (C=O) groups is 1. The lowest BCUT2D eigenvalue weighted by molar-refractivity contribution is 0.0956. The molecular formula is C13H21N3O2. The number of nitrogen functional groups attached to an aromatic ring is 1. The first-order valence-corrected chi connectivity index (χ1v) is 6.02. The molecule has 0 saturated carbocycles. The van der Waals surface area contributed by atoms with Gasteiger partial charge in [0, 0.05) is 25.3 Å². The number of hydrogen-bond donors (Lipinski definition) is 3. The summed E-state index contributed by atoms with van der Waals surface area (Å²) in [6, 6.07) is 5.07. The quantitative estimate of drug-likeness (QED) is 0.677. The maximum atomic E-state index is 12.0. The molecule has 18 heavy (non-hydrogen) atoms. The first-order chi connectivity index (χ1) is 8.51. The third-order valence-electron chi connectivity index (χ3n) is 2.91. The van der Waals surface area contributed by atoms with Crippen LogP contribution in [-0.2, 0) is 0 Å². The van der Waals surface area contributed by atoms with E-state index in [0.717, 1.165) is 5.69 Å². The van der Waals surface area contributed by atoms with Crippen molar-refractivity contribution in [3.8, 4) is 0 Å². The lowest BCUT2D eigenvalue weighted by Gasteiger charge is -2.27. The zero-order valence-corrected chi connectivity index (χ0v) is 11.1. The number of aliphatic hydroxyl groups excluding tert-OH is 1. The highest BCUT2D eigenvalue weighted by Crippen LogP contribution is 2.24. The first-order valence-electron chi connectivity index (χ1n) is 6.02. The summed E-state index contributed by atoms with van der Waals surface area (Å²) >= 11 is 0. The van der Waals surface area contributed by atoms with Gasteiger partial charge in [0.1, 0.15) is 0 Å². The molecule has 0 bridgehead atoms. The Bertz CT molecular complexity index is 421. The molecule has 5 nitrogen and oxygen atoms in total. The number of rotatable bonds is 5. The first kappa shape index (κ1) is 14.3. The summed E-state index contributed by atoms with van der Waals surface area (Å²) in [5.41, 5.74) is 7.64. The number of nitrogens with two attached hydrogens (primary N) is 1. The van der Waals surface area contributed by atoms with Crippen molar-refractivity contribution >= 4 is 17.3 Å². The molecule has 0 fully saturated rings. The summed E-state index contributed by atoms with van der Waals surface area (Å²) in [5.74, 6) is -0.135. The summed E-state index contributed by atoms with van der Waals surface area (Å²) < 4.78 is 0. The summed E-state index contributed by atoms with van der Waals surface area (Å²) in [6.07, 6.45) is 0. The van der Waals surface area contributed by atoms with Crippen LogP contribution < -0.4 is 16.0 Å². The Balaban J connectivity index is 3.14. The number of amides is 1. The normalized spacial score (nSPS) is 12.0. The van der Waals surface area contributed by atoms with Crippen molar-refractivity contribution in [2.24, 2.45) is 0 Å². The van der Waals surface area contributed by atoms with E-state index in [1.54, 1.807) is 18.2 Å². The molecule has 100 valence electrons. The van der Waals surface area contributed by atoms with E-state index in [0.29, 0.717) is 17.8 Å². The fourth-order valence-electron chi connectivity index (χ4n) is 1.65. The number of nitrogens with one attached hydrogen (secondary N) is 1. The Morgan fingerprint density at radius 3 is 2.78 bits per heavy atom. The van der Waals surface area contributed by atoms with Gasteiger partial charge in [0.25, 0.3) is 5.91 Å². The van der Waals surface area contributed by atoms with Crippen molar-refractivity contribution in [2.75, 3.05) is 30.8 Å². The minimum atomic E-state index is -0.135. The molecule has 1 amide bonds. The third-order valence-corrected chi connectivity index (χ3v) is 2.91.